The Bertz CT molecular complexity index is 921. The number of sulfonamides is 1. The van der Waals surface area contributed by atoms with E-state index in [2.05, 4.69) is 4.72 Å². The van der Waals surface area contributed by atoms with E-state index in [0.717, 1.165) is 6.26 Å². The van der Waals surface area contributed by atoms with Gasteiger partial charge in [-0.25, -0.2) is 8.42 Å². The molecular formula is C18H18N2O5S. The number of nitrogens with one attached hydrogen (secondary N) is 1. The molecule has 0 aliphatic carbocycles. The van der Waals surface area contributed by atoms with Crippen LogP contribution in [-0.2, 0) is 10.0 Å². The minimum absolute atomic E-state index is 0.230. The van der Waals surface area contributed by atoms with Gasteiger partial charge in [-0.15, -0.1) is 0 Å². The lowest BCUT2D eigenvalue weighted by Crippen LogP contribution is -2.31. The van der Waals surface area contributed by atoms with Gasteiger partial charge in [0.15, 0.2) is 0 Å². The highest BCUT2D eigenvalue weighted by atomic mass is 32.2. The van der Waals surface area contributed by atoms with Crippen LogP contribution in [0.15, 0.2) is 48.5 Å². The van der Waals surface area contributed by atoms with Crippen LogP contribution in [0.4, 0.5) is 5.69 Å². The number of para-hydroxylation sites is 2. The molecule has 2 aromatic carbocycles. The number of hydrogen-bond acceptors (Lipinski definition) is 5. The third-order valence-electron chi connectivity index (χ3n) is 3.84. The van der Waals surface area contributed by atoms with Crippen molar-refractivity contribution in [3.05, 3.63) is 59.7 Å². The zero-order valence-electron chi connectivity index (χ0n) is 14.1. The fraction of sp³-hybridized carbons (Fsp3) is 0.222. The molecule has 0 aromatic heterocycles. The van der Waals surface area contributed by atoms with Crippen LogP contribution in [0, 0.1) is 0 Å². The van der Waals surface area contributed by atoms with Crippen molar-refractivity contribution in [3.8, 4) is 5.75 Å². The number of imide groups is 1. The van der Waals surface area contributed by atoms with Crippen LogP contribution in [0.5, 0.6) is 5.75 Å². The number of carbonyl (C=O) groups excluding carboxylic acids is 2. The van der Waals surface area contributed by atoms with Crippen molar-refractivity contribution in [3.63, 3.8) is 0 Å². The third-order valence-corrected chi connectivity index (χ3v) is 4.43. The maximum Gasteiger partial charge on any atom is 0.261 e. The fourth-order valence-corrected chi connectivity index (χ4v) is 3.29. The van der Waals surface area contributed by atoms with Gasteiger partial charge < -0.3 is 4.74 Å². The van der Waals surface area contributed by atoms with Crippen LogP contribution in [0.3, 0.4) is 0 Å². The summed E-state index contributed by atoms with van der Waals surface area (Å²) in [5.74, 6) is -0.213. The number of nitrogens with zero attached hydrogens (tertiary/aromatic N) is 1. The van der Waals surface area contributed by atoms with Gasteiger partial charge in [-0.3, -0.25) is 19.2 Å². The zero-order valence-corrected chi connectivity index (χ0v) is 15.0. The van der Waals surface area contributed by atoms with Crippen LogP contribution >= 0.6 is 0 Å². The topological polar surface area (TPSA) is 92.8 Å². The van der Waals surface area contributed by atoms with E-state index in [4.69, 9.17) is 4.74 Å². The first kappa shape index (κ1) is 17.9. The number of benzene rings is 2. The SMILES string of the molecule is CS(=O)(=O)Nc1ccccc1OCCCN1C(=O)c2ccccc2C1=O. The normalized spacial score (nSPS) is 13.7. The molecule has 3 rings (SSSR count). The summed E-state index contributed by atoms with van der Waals surface area (Å²) in [5.41, 5.74) is 1.18. The fourth-order valence-electron chi connectivity index (χ4n) is 2.72. The van der Waals surface area contributed by atoms with Crippen LogP contribution in [0.25, 0.3) is 0 Å². The first-order valence-corrected chi connectivity index (χ1v) is 9.91. The summed E-state index contributed by atoms with van der Waals surface area (Å²) in [6, 6.07) is 13.4. The molecule has 7 nitrogen and oxygen atoms in total. The molecule has 26 heavy (non-hydrogen) atoms. The van der Waals surface area contributed by atoms with Gasteiger partial charge in [0.25, 0.3) is 11.8 Å². The number of ether oxygens (including phenoxy) is 1. The quantitative estimate of drug-likeness (QED) is 0.592. The van der Waals surface area contributed by atoms with Crippen molar-refractivity contribution >= 4 is 27.5 Å². The van der Waals surface area contributed by atoms with Crippen molar-refractivity contribution in [2.75, 3.05) is 24.1 Å². The van der Waals surface area contributed by atoms with E-state index >= 15 is 0 Å². The highest BCUT2D eigenvalue weighted by Gasteiger charge is 2.34. The Morgan fingerprint density at radius 1 is 0.962 bits per heavy atom. The van der Waals surface area contributed by atoms with Gasteiger partial charge in [0.2, 0.25) is 10.0 Å². The van der Waals surface area contributed by atoms with Crippen LogP contribution < -0.4 is 9.46 Å². The summed E-state index contributed by atoms with van der Waals surface area (Å²) in [6.07, 6.45) is 1.49. The average molecular weight is 374 g/mol. The first-order valence-electron chi connectivity index (χ1n) is 8.01. The van der Waals surface area contributed by atoms with E-state index < -0.39 is 10.0 Å². The maximum absolute atomic E-state index is 12.3. The van der Waals surface area contributed by atoms with Gasteiger partial charge in [0, 0.05) is 6.54 Å². The van der Waals surface area contributed by atoms with Crippen molar-refractivity contribution in [1.82, 2.24) is 4.90 Å². The lowest BCUT2D eigenvalue weighted by atomic mass is 10.1. The van der Waals surface area contributed by atoms with Crippen LogP contribution in [0.1, 0.15) is 27.1 Å². The Morgan fingerprint density at radius 2 is 1.54 bits per heavy atom. The van der Waals surface area contributed by atoms with Crippen LogP contribution in [0.2, 0.25) is 0 Å². The number of fused-ring (bicyclic) bond motifs is 1. The lowest BCUT2D eigenvalue weighted by Gasteiger charge is -2.15. The Balaban J connectivity index is 1.58. The first-order chi connectivity index (χ1) is 12.4. The number of amides is 2. The number of rotatable bonds is 7. The molecule has 2 amide bonds. The van der Waals surface area contributed by atoms with Crippen molar-refractivity contribution in [1.29, 1.82) is 0 Å². The van der Waals surface area contributed by atoms with E-state index in [1.165, 1.54) is 4.90 Å². The van der Waals surface area contributed by atoms with Gasteiger partial charge in [0.05, 0.1) is 29.7 Å². The molecule has 1 aliphatic heterocycles. The largest absolute Gasteiger partial charge is 0.491 e. The number of carbonyl (C=O) groups is 2. The molecule has 136 valence electrons. The predicted octanol–water partition coefficient (Wildman–Crippen LogP) is 2.12. The molecule has 0 saturated carbocycles. The second-order valence-electron chi connectivity index (χ2n) is 5.88. The Kier molecular flexibility index (Phi) is 4.94. The van der Waals surface area contributed by atoms with E-state index in [1.807, 2.05) is 0 Å². The van der Waals surface area contributed by atoms with Crippen molar-refractivity contribution in [2.45, 2.75) is 6.42 Å². The molecule has 8 heteroatoms. The molecule has 2 aromatic rings. The van der Waals surface area contributed by atoms with Gasteiger partial charge in [-0.05, 0) is 30.7 Å². The zero-order chi connectivity index (χ0) is 18.7. The average Bonchev–Trinajstić information content (AvgIpc) is 2.84. The summed E-state index contributed by atoms with van der Waals surface area (Å²) < 4.78 is 30.8. The van der Waals surface area contributed by atoms with Gasteiger partial charge in [-0.2, -0.15) is 0 Å². The second-order valence-corrected chi connectivity index (χ2v) is 7.63. The van der Waals surface area contributed by atoms with E-state index in [9.17, 15) is 18.0 Å². The Labute approximate surface area is 151 Å². The summed E-state index contributed by atoms with van der Waals surface area (Å²) in [6.45, 7) is 0.462. The molecule has 0 fully saturated rings. The molecule has 1 heterocycles. The predicted molar refractivity (Wildman–Crippen MR) is 96.8 cm³/mol. The second kappa shape index (κ2) is 7.17. The summed E-state index contributed by atoms with van der Waals surface area (Å²) >= 11 is 0. The smallest absolute Gasteiger partial charge is 0.261 e. The van der Waals surface area contributed by atoms with Crippen LogP contribution in [-0.4, -0.2) is 44.5 Å². The highest BCUT2D eigenvalue weighted by Crippen LogP contribution is 2.25. The van der Waals surface area contributed by atoms with Crippen molar-refractivity contribution in [2.24, 2.45) is 0 Å². The lowest BCUT2D eigenvalue weighted by molar-refractivity contribution is 0.0646. The monoisotopic (exact) mass is 374 g/mol. The summed E-state index contributed by atoms with van der Waals surface area (Å²) in [4.78, 5) is 25.7. The van der Waals surface area contributed by atoms with Gasteiger partial charge in [-0.1, -0.05) is 24.3 Å². The number of anilines is 1. The minimum Gasteiger partial charge on any atom is -0.491 e. The van der Waals surface area contributed by atoms with Crippen molar-refractivity contribution < 1.29 is 22.7 Å². The molecular weight excluding hydrogens is 356 g/mol. The summed E-state index contributed by atoms with van der Waals surface area (Å²) in [7, 11) is -3.42. The van der Waals surface area contributed by atoms with Gasteiger partial charge >= 0.3 is 0 Å². The molecule has 0 radical (unpaired) electrons. The molecule has 0 bridgehead atoms. The highest BCUT2D eigenvalue weighted by molar-refractivity contribution is 7.92. The van der Waals surface area contributed by atoms with E-state index in [-0.39, 0.29) is 25.0 Å². The molecule has 0 saturated heterocycles. The van der Waals surface area contributed by atoms with E-state index in [1.54, 1.807) is 48.5 Å². The molecule has 0 atom stereocenters. The third kappa shape index (κ3) is 3.85. The molecule has 1 N–H and O–H groups in total. The standard InChI is InChI=1S/C18H18N2O5S/c1-26(23,24)19-15-9-4-5-10-16(15)25-12-6-11-20-17(21)13-7-2-3-8-14(13)18(20)22/h2-5,7-10,19H,6,11-12H2,1H3. The molecule has 0 spiro atoms. The minimum atomic E-state index is -3.42. The maximum atomic E-state index is 12.3. The summed E-state index contributed by atoms with van der Waals surface area (Å²) in [5, 5.41) is 0. The molecule has 1 aliphatic rings. The molecule has 0 unspecified atom stereocenters. The van der Waals surface area contributed by atoms with Gasteiger partial charge in [0.1, 0.15) is 5.75 Å². The Morgan fingerprint density at radius 3 is 2.15 bits per heavy atom. The Hall–Kier alpha value is -2.87. The van der Waals surface area contributed by atoms with E-state index in [0.29, 0.717) is 29.0 Å². The number of hydrogen-bond donors (Lipinski definition) is 1.